The molecular formula is C8H7N3S. The molecule has 0 aliphatic carbocycles. The summed E-state index contributed by atoms with van der Waals surface area (Å²) in [5.41, 5.74) is 6.68. The lowest BCUT2D eigenvalue weighted by Crippen LogP contribution is -1.86. The molecule has 2 N–H and O–H groups in total. The van der Waals surface area contributed by atoms with Crippen LogP contribution in [-0.4, -0.2) is 9.59 Å². The summed E-state index contributed by atoms with van der Waals surface area (Å²) in [7, 11) is 0. The fourth-order valence-corrected chi connectivity index (χ4v) is 1.57. The zero-order valence-corrected chi connectivity index (χ0v) is 7.08. The van der Waals surface area contributed by atoms with Crippen molar-refractivity contribution in [3.63, 3.8) is 0 Å². The third-order valence-electron chi connectivity index (χ3n) is 1.55. The molecule has 3 nitrogen and oxygen atoms in total. The summed E-state index contributed by atoms with van der Waals surface area (Å²) in [6, 6.07) is 9.88. The molecular weight excluding hydrogens is 170 g/mol. The fourth-order valence-electron chi connectivity index (χ4n) is 0.988. The summed E-state index contributed by atoms with van der Waals surface area (Å²) in [5, 5.41) is 3.74. The second-order valence-corrected chi connectivity index (χ2v) is 3.11. The van der Waals surface area contributed by atoms with Crippen molar-refractivity contribution in [1.82, 2.24) is 9.59 Å². The van der Waals surface area contributed by atoms with Gasteiger partial charge in [0.15, 0.2) is 5.82 Å². The molecule has 0 saturated carbocycles. The Balaban J connectivity index is 2.51. The van der Waals surface area contributed by atoms with E-state index in [0.717, 1.165) is 10.4 Å². The molecule has 12 heavy (non-hydrogen) atoms. The molecule has 0 fully saturated rings. The predicted molar refractivity (Wildman–Crippen MR) is 49.8 cm³/mol. The van der Waals surface area contributed by atoms with Crippen molar-refractivity contribution in [2.24, 2.45) is 0 Å². The first kappa shape index (κ1) is 7.24. The normalized spacial score (nSPS) is 10.0. The molecule has 1 aromatic heterocycles. The van der Waals surface area contributed by atoms with E-state index in [4.69, 9.17) is 5.73 Å². The Morgan fingerprint density at radius 2 is 1.92 bits per heavy atom. The fraction of sp³-hybridized carbons (Fsp3) is 0. The Labute approximate surface area is 74.0 Å². The number of nitrogen functional groups attached to an aromatic ring is 1. The summed E-state index contributed by atoms with van der Waals surface area (Å²) in [5.74, 6) is 0.506. The molecule has 0 aliphatic heterocycles. The van der Waals surface area contributed by atoms with Gasteiger partial charge in [-0.05, 0) is 17.1 Å². The van der Waals surface area contributed by atoms with Crippen molar-refractivity contribution in [2.45, 2.75) is 0 Å². The van der Waals surface area contributed by atoms with Crippen molar-refractivity contribution >= 4 is 17.4 Å². The van der Waals surface area contributed by atoms with Gasteiger partial charge in [-0.3, -0.25) is 0 Å². The molecule has 2 rings (SSSR count). The van der Waals surface area contributed by atoms with Crippen molar-refractivity contribution < 1.29 is 0 Å². The predicted octanol–water partition coefficient (Wildman–Crippen LogP) is 1.79. The number of aromatic nitrogens is 2. The second kappa shape index (κ2) is 2.91. The van der Waals surface area contributed by atoms with Gasteiger partial charge in [-0.2, -0.15) is 0 Å². The van der Waals surface area contributed by atoms with Gasteiger partial charge >= 0.3 is 0 Å². The maximum absolute atomic E-state index is 5.61. The highest BCUT2D eigenvalue weighted by molar-refractivity contribution is 7.09. The first-order chi connectivity index (χ1) is 5.88. The van der Waals surface area contributed by atoms with E-state index in [1.54, 1.807) is 0 Å². The van der Waals surface area contributed by atoms with Crippen LogP contribution in [0.5, 0.6) is 0 Å². The Kier molecular flexibility index (Phi) is 1.75. The van der Waals surface area contributed by atoms with Crippen LogP contribution in [-0.2, 0) is 0 Å². The SMILES string of the molecule is Nc1nnsc1-c1ccccc1. The minimum atomic E-state index is 0.506. The molecule has 1 aromatic carbocycles. The van der Waals surface area contributed by atoms with Gasteiger partial charge in [-0.25, -0.2) is 0 Å². The van der Waals surface area contributed by atoms with Gasteiger partial charge in [0, 0.05) is 0 Å². The lowest BCUT2D eigenvalue weighted by Gasteiger charge is -1.94. The molecule has 0 atom stereocenters. The summed E-state index contributed by atoms with van der Waals surface area (Å²) in [4.78, 5) is 0.940. The third kappa shape index (κ3) is 1.16. The molecule has 4 heteroatoms. The Bertz CT molecular complexity index is 369. The summed E-state index contributed by atoms with van der Waals surface area (Å²) in [6.07, 6.45) is 0. The first-order valence-corrected chi connectivity index (χ1v) is 4.28. The maximum Gasteiger partial charge on any atom is 0.166 e. The molecule has 0 spiro atoms. The van der Waals surface area contributed by atoms with E-state index < -0.39 is 0 Å². The van der Waals surface area contributed by atoms with Gasteiger partial charge in [-0.15, -0.1) is 5.10 Å². The number of hydrogen-bond acceptors (Lipinski definition) is 4. The molecule has 0 amide bonds. The second-order valence-electron chi connectivity index (χ2n) is 2.35. The average molecular weight is 177 g/mol. The van der Waals surface area contributed by atoms with Crippen LogP contribution in [0.4, 0.5) is 5.82 Å². The van der Waals surface area contributed by atoms with Crippen LogP contribution in [0.2, 0.25) is 0 Å². The van der Waals surface area contributed by atoms with Crippen LogP contribution >= 0.6 is 11.5 Å². The highest BCUT2D eigenvalue weighted by Gasteiger charge is 2.04. The van der Waals surface area contributed by atoms with E-state index in [0.29, 0.717) is 5.82 Å². The number of hydrogen-bond donors (Lipinski definition) is 1. The van der Waals surface area contributed by atoms with Crippen LogP contribution in [0.1, 0.15) is 0 Å². The number of nitrogens with two attached hydrogens (primary N) is 1. The average Bonchev–Trinajstić information content (AvgIpc) is 2.53. The van der Waals surface area contributed by atoms with Crippen LogP contribution in [0.3, 0.4) is 0 Å². The van der Waals surface area contributed by atoms with Crippen LogP contribution in [0.25, 0.3) is 10.4 Å². The van der Waals surface area contributed by atoms with Crippen molar-refractivity contribution in [3.05, 3.63) is 30.3 Å². The minimum absolute atomic E-state index is 0.506. The van der Waals surface area contributed by atoms with Gasteiger partial charge in [-0.1, -0.05) is 34.8 Å². The zero-order valence-electron chi connectivity index (χ0n) is 6.27. The highest BCUT2D eigenvalue weighted by Crippen LogP contribution is 2.26. The van der Waals surface area contributed by atoms with Gasteiger partial charge in [0.1, 0.15) is 0 Å². The summed E-state index contributed by atoms with van der Waals surface area (Å²) in [6.45, 7) is 0. The van der Waals surface area contributed by atoms with Crippen molar-refractivity contribution in [2.75, 3.05) is 5.73 Å². The largest absolute Gasteiger partial charge is 0.381 e. The topological polar surface area (TPSA) is 51.8 Å². The van der Waals surface area contributed by atoms with E-state index in [2.05, 4.69) is 9.59 Å². The molecule has 2 aromatic rings. The number of anilines is 1. The monoisotopic (exact) mass is 177 g/mol. The number of rotatable bonds is 1. The molecule has 0 unspecified atom stereocenters. The zero-order chi connectivity index (χ0) is 8.39. The van der Waals surface area contributed by atoms with Crippen LogP contribution in [0.15, 0.2) is 30.3 Å². The Morgan fingerprint density at radius 3 is 2.50 bits per heavy atom. The van der Waals surface area contributed by atoms with E-state index in [-0.39, 0.29) is 0 Å². The Hall–Kier alpha value is -1.42. The standard InChI is InChI=1S/C8H7N3S/c9-8-7(12-11-10-8)6-4-2-1-3-5-6/h1-5H,9H2. The maximum atomic E-state index is 5.61. The summed E-state index contributed by atoms with van der Waals surface area (Å²) >= 11 is 1.32. The van der Waals surface area contributed by atoms with Gasteiger partial charge in [0.2, 0.25) is 0 Å². The Morgan fingerprint density at radius 1 is 1.17 bits per heavy atom. The van der Waals surface area contributed by atoms with E-state index in [1.807, 2.05) is 30.3 Å². The van der Waals surface area contributed by atoms with Crippen LogP contribution in [0, 0.1) is 0 Å². The van der Waals surface area contributed by atoms with Crippen molar-refractivity contribution in [3.8, 4) is 10.4 Å². The van der Waals surface area contributed by atoms with E-state index in [9.17, 15) is 0 Å². The first-order valence-electron chi connectivity index (χ1n) is 3.51. The van der Waals surface area contributed by atoms with Crippen LogP contribution < -0.4 is 5.73 Å². The van der Waals surface area contributed by atoms with Gasteiger partial charge in [0.25, 0.3) is 0 Å². The van der Waals surface area contributed by atoms with Crippen molar-refractivity contribution in [1.29, 1.82) is 0 Å². The molecule has 1 heterocycles. The molecule has 0 aliphatic rings. The molecule has 0 bridgehead atoms. The summed E-state index contributed by atoms with van der Waals surface area (Å²) < 4.78 is 3.76. The molecule has 0 radical (unpaired) electrons. The van der Waals surface area contributed by atoms with Gasteiger partial charge < -0.3 is 5.73 Å². The quantitative estimate of drug-likeness (QED) is 0.722. The third-order valence-corrected chi connectivity index (χ3v) is 2.34. The lowest BCUT2D eigenvalue weighted by molar-refractivity contribution is 1.17. The highest BCUT2D eigenvalue weighted by atomic mass is 32.1. The lowest BCUT2D eigenvalue weighted by atomic mass is 10.2. The molecule has 0 saturated heterocycles. The minimum Gasteiger partial charge on any atom is -0.381 e. The number of benzene rings is 1. The van der Waals surface area contributed by atoms with E-state index in [1.165, 1.54) is 11.5 Å². The smallest absolute Gasteiger partial charge is 0.166 e. The van der Waals surface area contributed by atoms with E-state index >= 15 is 0 Å². The van der Waals surface area contributed by atoms with Gasteiger partial charge in [0.05, 0.1) is 4.88 Å². The number of nitrogens with zero attached hydrogens (tertiary/aromatic N) is 2. The molecule has 60 valence electrons.